The van der Waals surface area contributed by atoms with Crippen molar-refractivity contribution in [2.45, 2.75) is 26.9 Å². The average Bonchev–Trinajstić information content (AvgIpc) is 3.17. The van der Waals surface area contributed by atoms with E-state index in [2.05, 4.69) is 108 Å². The van der Waals surface area contributed by atoms with Crippen molar-refractivity contribution in [3.63, 3.8) is 0 Å². The second-order valence-corrected chi connectivity index (χ2v) is 7.57. The average molecular weight is 370 g/mol. The van der Waals surface area contributed by atoms with E-state index < -0.39 is 0 Å². The van der Waals surface area contributed by atoms with Crippen molar-refractivity contribution in [1.29, 1.82) is 0 Å². The van der Waals surface area contributed by atoms with Crippen molar-refractivity contribution in [2.24, 2.45) is 7.05 Å². The molecule has 2 aromatic heterocycles. The predicted molar refractivity (Wildman–Crippen MR) is 113 cm³/mol. The molecule has 4 heteroatoms. The maximum absolute atomic E-state index is 6.07. The van der Waals surface area contributed by atoms with Crippen LogP contribution in [-0.2, 0) is 7.05 Å². The van der Waals surface area contributed by atoms with Crippen molar-refractivity contribution in [2.75, 3.05) is 0 Å². The molecule has 0 bridgehead atoms. The predicted octanol–water partition coefficient (Wildman–Crippen LogP) is 4.96. The summed E-state index contributed by atoms with van der Waals surface area (Å²) in [6.45, 7) is 6.27. The van der Waals surface area contributed by atoms with E-state index in [1.807, 2.05) is 0 Å². The number of imidazole rings is 2. The van der Waals surface area contributed by atoms with E-state index in [9.17, 15) is 0 Å². The van der Waals surface area contributed by atoms with Crippen molar-refractivity contribution >= 4 is 27.8 Å². The normalized spacial score (nSPS) is 11.9. The summed E-state index contributed by atoms with van der Waals surface area (Å²) in [4.78, 5) is 0. The summed E-state index contributed by atoms with van der Waals surface area (Å²) in [5.41, 5.74) is 7.09. The topological polar surface area (TPSA) is 22.4 Å². The Labute approximate surface area is 164 Å². The number of aryl methyl sites for hydroxylation is 1. The molecule has 0 amide bonds. The van der Waals surface area contributed by atoms with Gasteiger partial charge < -0.3 is 4.74 Å². The second kappa shape index (κ2) is 6.13. The minimum atomic E-state index is 0.141. The van der Waals surface area contributed by atoms with Crippen LogP contribution in [0.1, 0.15) is 19.4 Å². The Balaban J connectivity index is 1.95. The molecule has 0 aliphatic heterocycles. The van der Waals surface area contributed by atoms with Gasteiger partial charge in [0, 0.05) is 5.56 Å². The van der Waals surface area contributed by atoms with Gasteiger partial charge in [0.1, 0.15) is 33.5 Å². The third kappa shape index (κ3) is 2.27. The smallest absolute Gasteiger partial charge is 0.375 e. The fourth-order valence-corrected chi connectivity index (χ4v) is 4.20. The lowest BCUT2D eigenvalue weighted by atomic mass is 10.1. The highest BCUT2D eigenvalue weighted by Crippen LogP contribution is 2.32. The Morgan fingerprint density at radius 2 is 1.50 bits per heavy atom. The van der Waals surface area contributed by atoms with Gasteiger partial charge in [-0.3, -0.25) is 0 Å². The molecule has 28 heavy (non-hydrogen) atoms. The lowest BCUT2D eigenvalue weighted by molar-refractivity contribution is -0.620. The molecule has 2 heterocycles. The zero-order chi connectivity index (χ0) is 19.4. The van der Waals surface area contributed by atoms with Crippen LogP contribution in [-0.4, -0.2) is 15.1 Å². The fourth-order valence-electron chi connectivity index (χ4n) is 4.20. The highest BCUT2D eigenvalue weighted by atomic mass is 16.5. The van der Waals surface area contributed by atoms with Gasteiger partial charge in [0.05, 0.1) is 13.2 Å². The van der Waals surface area contributed by atoms with Gasteiger partial charge in [-0.15, -0.1) is 0 Å². The van der Waals surface area contributed by atoms with Crippen LogP contribution in [0.25, 0.3) is 33.5 Å². The molecule has 4 nitrogen and oxygen atoms in total. The third-order valence-corrected chi connectivity index (χ3v) is 5.41. The molecule has 0 aliphatic rings. The van der Waals surface area contributed by atoms with Crippen molar-refractivity contribution in [3.8, 4) is 11.4 Å². The maximum atomic E-state index is 6.07. The number of ether oxygens (including phenoxy) is 1. The molecule has 5 rings (SSSR count). The third-order valence-electron chi connectivity index (χ3n) is 5.41. The number of rotatable bonds is 3. The largest absolute Gasteiger partial charge is 0.491 e. The maximum Gasteiger partial charge on any atom is 0.375 e. The van der Waals surface area contributed by atoms with Gasteiger partial charge in [-0.1, -0.05) is 30.3 Å². The van der Waals surface area contributed by atoms with E-state index in [0.29, 0.717) is 0 Å². The van der Waals surface area contributed by atoms with Gasteiger partial charge in [-0.25, -0.2) is 4.57 Å². The molecule has 0 saturated heterocycles. The van der Waals surface area contributed by atoms with E-state index in [1.165, 1.54) is 22.1 Å². The lowest BCUT2D eigenvalue weighted by Crippen LogP contribution is -2.29. The number of benzene rings is 3. The first kappa shape index (κ1) is 16.9. The molecule has 0 aliphatic carbocycles. The van der Waals surface area contributed by atoms with Crippen molar-refractivity contribution in [3.05, 3.63) is 72.3 Å². The number of aromatic nitrogens is 3. The molecule has 0 fully saturated rings. The standard InChI is InChI=1S/C24H24N3O/c1-16(2)28-23-15-9-14-18(17(23)3)26-21-12-7-8-13-22(21)27-20-11-6-5-10-19(20)25(4)24(26)27/h5-16H,1-4H3/q+1. The highest BCUT2D eigenvalue weighted by molar-refractivity contribution is 5.89. The highest BCUT2D eigenvalue weighted by Gasteiger charge is 2.27. The molecule has 0 atom stereocenters. The summed E-state index contributed by atoms with van der Waals surface area (Å²) < 4.78 is 13.0. The Kier molecular flexibility index (Phi) is 3.69. The molecule has 0 radical (unpaired) electrons. The van der Waals surface area contributed by atoms with Gasteiger partial charge in [0.15, 0.2) is 0 Å². The van der Waals surface area contributed by atoms with Gasteiger partial charge in [-0.2, -0.15) is 8.97 Å². The Bertz CT molecular complexity index is 1340. The van der Waals surface area contributed by atoms with Crippen LogP contribution in [0.5, 0.6) is 5.75 Å². The molecular weight excluding hydrogens is 346 g/mol. The summed E-state index contributed by atoms with van der Waals surface area (Å²) in [7, 11) is 2.14. The van der Waals surface area contributed by atoms with Gasteiger partial charge >= 0.3 is 5.78 Å². The minimum absolute atomic E-state index is 0.141. The lowest BCUT2D eigenvalue weighted by Gasteiger charge is -2.14. The molecule has 0 spiro atoms. The van der Waals surface area contributed by atoms with Crippen LogP contribution in [0, 0.1) is 6.92 Å². The van der Waals surface area contributed by atoms with Crippen LogP contribution >= 0.6 is 0 Å². The van der Waals surface area contributed by atoms with E-state index in [0.717, 1.165) is 22.8 Å². The first-order chi connectivity index (χ1) is 13.6. The van der Waals surface area contributed by atoms with E-state index in [4.69, 9.17) is 4.74 Å². The van der Waals surface area contributed by atoms with Crippen LogP contribution in [0.15, 0.2) is 66.7 Å². The Morgan fingerprint density at radius 1 is 0.821 bits per heavy atom. The molecule has 5 aromatic rings. The van der Waals surface area contributed by atoms with Crippen LogP contribution in [0.2, 0.25) is 0 Å². The second-order valence-electron chi connectivity index (χ2n) is 7.57. The summed E-state index contributed by atoms with van der Waals surface area (Å²) in [6.07, 6.45) is 0.141. The molecule has 3 aromatic carbocycles. The number of para-hydroxylation sites is 4. The van der Waals surface area contributed by atoms with Gasteiger partial charge in [0.2, 0.25) is 0 Å². The molecule has 0 unspecified atom stereocenters. The molecular formula is C24H24N3O+. The minimum Gasteiger partial charge on any atom is -0.491 e. The molecule has 0 N–H and O–H groups in total. The van der Waals surface area contributed by atoms with E-state index in [-0.39, 0.29) is 6.10 Å². The number of hydrogen-bond donors (Lipinski definition) is 0. The van der Waals surface area contributed by atoms with Gasteiger partial charge in [-0.05, 0) is 57.2 Å². The van der Waals surface area contributed by atoms with Crippen LogP contribution < -0.4 is 9.30 Å². The summed E-state index contributed by atoms with van der Waals surface area (Å²) in [5, 5.41) is 0. The SMILES string of the molecule is Cc1c(OC(C)C)cccc1-n1c2ccccc2n2c3ccccc3[n+](C)c12. The molecule has 0 saturated carbocycles. The zero-order valence-corrected chi connectivity index (χ0v) is 16.7. The van der Waals surface area contributed by atoms with Crippen LogP contribution in [0.4, 0.5) is 0 Å². The fraction of sp³-hybridized carbons (Fsp3) is 0.208. The summed E-state index contributed by atoms with van der Waals surface area (Å²) >= 11 is 0. The first-order valence-electron chi connectivity index (χ1n) is 9.73. The molecule has 140 valence electrons. The van der Waals surface area contributed by atoms with Gasteiger partial charge in [0.25, 0.3) is 0 Å². The van der Waals surface area contributed by atoms with E-state index >= 15 is 0 Å². The first-order valence-corrected chi connectivity index (χ1v) is 9.73. The number of nitrogens with zero attached hydrogens (tertiary/aromatic N) is 3. The van der Waals surface area contributed by atoms with Crippen LogP contribution in [0.3, 0.4) is 0 Å². The van der Waals surface area contributed by atoms with Crippen molar-refractivity contribution in [1.82, 2.24) is 8.97 Å². The Morgan fingerprint density at radius 3 is 2.25 bits per heavy atom. The summed E-state index contributed by atoms with van der Waals surface area (Å²) in [5.74, 6) is 2.06. The van der Waals surface area contributed by atoms with Crippen molar-refractivity contribution < 1.29 is 9.30 Å². The Hall–Kier alpha value is -3.27. The monoisotopic (exact) mass is 370 g/mol. The summed E-state index contributed by atoms with van der Waals surface area (Å²) in [6, 6.07) is 23.4. The quantitative estimate of drug-likeness (QED) is 0.412. The van der Waals surface area contributed by atoms with E-state index in [1.54, 1.807) is 0 Å². The number of hydrogen-bond acceptors (Lipinski definition) is 1. The number of fused-ring (bicyclic) bond motifs is 5. The zero-order valence-electron chi connectivity index (χ0n) is 16.7.